The third-order valence-corrected chi connectivity index (χ3v) is 6.78. The molecule has 0 aromatic heterocycles. The lowest BCUT2D eigenvalue weighted by Crippen LogP contribution is -1.91. The highest BCUT2D eigenvalue weighted by molar-refractivity contribution is 6.15. The lowest BCUT2D eigenvalue weighted by atomic mass is 9.98. The van der Waals surface area contributed by atoms with Crippen LogP contribution in [0.5, 0.6) is 0 Å². The fourth-order valence-corrected chi connectivity index (χ4v) is 5.25. The molecule has 0 saturated carbocycles. The molecule has 1 N–H and O–H groups in total. The van der Waals surface area contributed by atoms with E-state index in [-0.39, 0.29) is 0 Å². The van der Waals surface area contributed by atoms with Gasteiger partial charge in [-0.1, -0.05) is 97.1 Å². The zero-order chi connectivity index (χ0) is 21.8. The van der Waals surface area contributed by atoms with E-state index in [9.17, 15) is 0 Å². The maximum Gasteiger partial charge on any atom is 0.0390 e. The molecule has 0 amide bonds. The Morgan fingerprint density at radius 1 is 0.394 bits per heavy atom. The van der Waals surface area contributed by atoms with Gasteiger partial charge < -0.3 is 5.32 Å². The van der Waals surface area contributed by atoms with Crippen LogP contribution < -0.4 is 5.32 Å². The Bertz CT molecular complexity index is 1670. The van der Waals surface area contributed by atoms with Crippen LogP contribution in [0.25, 0.3) is 54.9 Å². The van der Waals surface area contributed by atoms with Gasteiger partial charge in [0.1, 0.15) is 0 Å². The largest absolute Gasteiger partial charge is 0.356 e. The van der Waals surface area contributed by atoms with Gasteiger partial charge in [-0.3, -0.25) is 0 Å². The minimum Gasteiger partial charge on any atom is -0.356 e. The fraction of sp³-hybridized carbons (Fsp3) is 0. The highest BCUT2D eigenvalue weighted by Crippen LogP contribution is 2.48. The number of nitrogens with one attached hydrogen (secondary N) is 1. The number of benzene rings is 6. The molecule has 1 aliphatic rings. The lowest BCUT2D eigenvalue weighted by molar-refractivity contribution is 1.55. The molecule has 0 bridgehead atoms. The second-order valence-corrected chi connectivity index (χ2v) is 8.70. The van der Waals surface area contributed by atoms with Crippen LogP contribution in [0.1, 0.15) is 0 Å². The van der Waals surface area contributed by atoms with Crippen LogP contribution >= 0.6 is 0 Å². The Hall–Kier alpha value is -4.36. The van der Waals surface area contributed by atoms with E-state index in [0.29, 0.717) is 0 Å². The van der Waals surface area contributed by atoms with Crippen molar-refractivity contribution in [1.29, 1.82) is 0 Å². The monoisotopic (exact) mass is 419 g/mol. The number of rotatable bonds is 3. The van der Waals surface area contributed by atoms with Gasteiger partial charge in [0.2, 0.25) is 0 Å². The van der Waals surface area contributed by atoms with E-state index in [1.54, 1.807) is 0 Å². The lowest BCUT2D eigenvalue weighted by Gasteiger charge is -2.11. The van der Waals surface area contributed by atoms with Gasteiger partial charge in [-0.05, 0) is 79.2 Å². The summed E-state index contributed by atoms with van der Waals surface area (Å²) < 4.78 is 0. The first-order chi connectivity index (χ1) is 16.3. The Morgan fingerprint density at radius 3 is 1.85 bits per heavy atom. The number of hydrogen-bond acceptors (Lipinski definition) is 1. The minimum absolute atomic E-state index is 1.09. The molecule has 1 heteroatoms. The first-order valence-corrected chi connectivity index (χ1v) is 11.4. The topological polar surface area (TPSA) is 12.0 Å². The van der Waals surface area contributed by atoms with Crippen LogP contribution in [0, 0.1) is 0 Å². The van der Waals surface area contributed by atoms with Gasteiger partial charge in [0, 0.05) is 11.4 Å². The van der Waals surface area contributed by atoms with Crippen molar-refractivity contribution in [1.82, 2.24) is 0 Å². The molecule has 1 aliphatic carbocycles. The summed E-state index contributed by atoms with van der Waals surface area (Å²) in [7, 11) is 0. The molecule has 0 fully saturated rings. The van der Waals surface area contributed by atoms with Gasteiger partial charge in [0.05, 0.1) is 0 Å². The average molecular weight is 420 g/mol. The summed E-state index contributed by atoms with van der Waals surface area (Å²) in [4.78, 5) is 0. The van der Waals surface area contributed by atoms with E-state index in [1.807, 2.05) is 0 Å². The highest BCUT2D eigenvalue weighted by Gasteiger charge is 2.21. The third kappa shape index (κ3) is 2.86. The molecular formula is C32H21N. The van der Waals surface area contributed by atoms with Crippen molar-refractivity contribution in [3.63, 3.8) is 0 Å². The van der Waals surface area contributed by atoms with E-state index < -0.39 is 0 Å². The normalized spacial score (nSPS) is 11.6. The van der Waals surface area contributed by atoms with Crippen LogP contribution in [-0.4, -0.2) is 0 Å². The highest BCUT2D eigenvalue weighted by atomic mass is 14.9. The minimum atomic E-state index is 1.09. The van der Waals surface area contributed by atoms with Crippen molar-refractivity contribution in [2.24, 2.45) is 0 Å². The Balaban J connectivity index is 1.23. The van der Waals surface area contributed by atoms with Gasteiger partial charge in [-0.15, -0.1) is 0 Å². The van der Waals surface area contributed by atoms with Crippen molar-refractivity contribution in [2.45, 2.75) is 0 Å². The Kier molecular flexibility index (Phi) is 3.91. The van der Waals surface area contributed by atoms with Gasteiger partial charge in [0.25, 0.3) is 0 Å². The van der Waals surface area contributed by atoms with Crippen LogP contribution in [-0.2, 0) is 0 Å². The molecule has 6 aromatic rings. The van der Waals surface area contributed by atoms with Crippen LogP contribution in [0.3, 0.4) is 0 Å². The zero-order valence-corrected chi connectivity index (χ0v) is 18.0. The van der Waals surface area contributed by atoms with Crippen LogP contribution in [0.4, 0.5) is 11.4 Å². The van der Waals surface area contributed by atoms with Gasteiger partial charge in [-0.2, -0.15) is 0 Å². The number of hydrogen-bond donors (Lipinski definition) is 1. The van der Waals surface area contributed by atoms with Crippen molar-refractivity contribution < 1.29 is 0 Å². The average Bonchev–Trinajstić information content (AvgIpc) is 3.19. The Labute approximate surface area is 193 Å². The number of anilines is 2. The summed E-state index contributed by atoms with van der Waals surface area (Å²) in [6, 6.07) is 43.7. The van der Waals surface area contributed by atoms with Crippen molar-refractivity contribution in [3.8, 4) is 33.4 Å². The first kappa shape index (κ1) is 18.2. The number of fused-ring (bicyclic) bond motifs is 4. The van der Waals surface area contributed by atoms with Crippen LogP contribution in [0.2, 0.25) is 0 Å². The summed E-state index contributed by atoms with van der Waals surface area (Å²) >= 11 is 0. The molecule has 0 unspecified atom stereocenters. The van der Waals surface area contributed by atoms with Crippen LogP contribution in [0.15, 0.2) is 121 Å². The van der Waals surface area contributed by atoms with Crippen molar-refractivity contribution >= 4 is 32.9 Å². The maximum absolute atomic E-state index is 3.61. The predicted octanol–water partition coefficient (Wildman–Crippen LogP) is 9.05. The molecule has 6 aromatic carbocycles. The molecule has 1 nitrogen and oxygen atoms in total. The predicted molar refractivity (Wildman–Crippen MR) is 141 cm³/mol. The first-order valence-electron chi connectivity index (χ1n) is 11.4. The molecule has 0 aliphatic heterocycles. The van der Waals surface area contributed by atoms with Crippen molar-refractivity contribution in [2.75, 3.05) is 5.32 Å². The smallest absolute Gasteiger partial charge is 0.0390 e. The summed E-state index contributed by atoms with van der Waals surface area (Å²) in [5.41, 5.74) is 9.98. The standard InChI is InChI=1S/C32H21N/c1-2-10-26-21(6-1)7-3-11-27(26)22-14-16-24(17-15-22)33-25-18-19-28-29-12-4-8-23-9-5-13-30(32(23)29)31(28)20-25/h1-20,33H. The summed E-state index contributed by atoms with van der Waals surface area (Å²) in [5, 5.41) is 8.84. The molecule has 0 atom stereocenters. The Morgan fingerprint density at radius 2 is 1.03 bits per heavy atom. The van der Waals surface area contributed by atoms with E-state index in [4.69, 9.17) is 0 Å². The molecule has 154 valence electrons. The molecule has 0 radical (unpaired) electrons. The quantitative estimate of drug-likeness (QED) is 0.301. The summed E-state index contributed by atoms with van der Waals surface area (Å²) in [5.74, 6) is 0. The molecule has 0 heterocycles. The summed E-state index contributed by atoms with van der Waals surface area (Å²) in [6.45, 7) is 0. The molecular weight excluding hydrogens is 398 g/mol. The van der Waals surface area contributed by atoms with Gasteiger partial charge >= 0.3 is 0 Å². The SMILES string of the molecule is c1ccc2c(-c3ccc(Nc4ccc5c(c4)-c4cccc6cccc-5c46)cc3)cccc2c1. The van der Waals surface area contributed by atoms with E-state index in [0.717, 1.165) is 11.4 Å². The van der Waals surface area contributed by atoms with E-state index in [1.165, 1.54) is 54.9 Å². The maximum atomic E-state index is 3.61. The van der Waals surface area contributed by atoms with Gasteiger partial charge in [-0.25, -0.2) is 0 Å². The molecule has 7 rings (SSSR count). The molecule has 0 saturated heterocycles. The van der Waals surface area contributed by atoms with Crippen molar-refractivity contribution in [3.05, 3.63) is 121 Å². The van der Waals surface area contributed by atoms with E-state index in [2.05, 4.69) is 127 Å². The van der Waals surface area contributed by atoms with E-state index >= 15 is 0 Å². The zero-order valence-electron chi connectivity index (χ0n) is 18.0. The molecule has 33 heavy (non-hydrogen) atoms. The molecule has 0 spiro atoms. The second-order valence-electron chi connectivity index (χ2n) is 8.70. The second kappa shape index (κ2) is 7.08. The fourth-order valence-electron chi connectivity index (χ4n) is 5.25. The summed E-state index contributed by atoms with van der Waals surface area (Å²) in [6.07, 6.45) is 0. The third-order valence-electron chi connectivity index (χ3n) is 6.78. The van der Waals surface area contributed by atoms with Gasteiger partial charge in [0.15, 0.2) is 0 Å².